The first kappa shape index (κ1) is 74.7. The predicted molar refractivity (Wildman–Crippen MR) is 316 cm³/mol. The molecule has 0 aliphatic heterocycles. The van der Waals surface area contributed by atoms with Crippen LogP contribution in [0.3, 0.4) is 0 Å². The van der Waals surface area contributed by atoms with Crippen LogP contribution in [0, 0.1) is 20.2 Å². The molecule has 0 spiro atoms. The first-order valence-electron chi connectivity index (χ1n) is 24.5. The molecule has 0 saturated carbocycles. The van der Waals surface area contributed by atoms with E-state index in [0.29, 0.717) is 22.5 Å². The molecule has 5 N–H and O–H groups in total. The number of aliphatic hydroxyl groups excluding tert-OH is 1. The number of aromatic nitrogens is 2. The van der Waals surface area contributed by atoms with Gasteiger partial charge in [-0.3, -0.25) is 39.8 Å². The van der Waals surface area contributed by atoms with Gasteiger partial charge in [0.1, 0.15) is 33.8 Å². The fraction of sp³-hybridized carbons (Fsp3) is 0.358. The van der Waals surface area contributed by atoms with Crippen LogP contribution in [0.25, 0.3) is 0 Å². The Morgan fingerprint density at radius 3 is 1.39 bits per heavy atom. The molecular formula is C53H71BrK2N10O14. The van der Waals surface area contributed by atoms with Crippen LogP contribution >= 0.6 is 15.9 Å². The molecule has 0 atom stereocenters. The van der Waals surface area contributed by atoms with E-state index in [1.807, 2.05) is 0 Å². The van der Waals surface area contributed by atoms with Gasteiger partial charge in [0.25, 0.3) is 0 Å². The summed E-state index contributed by atoms with van der Waals surface area (Å²) in [5, 5.41) is 31.4. The molecule has 24 nitrogen and oxygen atoms in total. The molecule has 2 heterocycles. The van der Waals surface area contributed by atoms with Crippen LogP contribution in [0.15, 0.2) is 116 Å². The van der Waals surface area contributed by atoms with E-state index in [1.54, 1.807) is 116 Å². The maximum atomic E-state index is 13.0. The topological polar surface area (TPSA) is 312 Å². The van der Waals surface area contributed by atoms with Gasteiger partial charge in [-0.1, -0.05) is 62.6 Å². The van der Waals surface area contributed by atoms with Crippen molar-refractivity contribution in [3.05, 3.63) is 147 Å². The van der Waals surface area contributed by atoms with Crippen LogP contribution in [-0.4, -0.2) is 163 Å². The summed E-state index contributed by atoms with van der Waals surface area (Å²) in [6, 6.07) is 16.1. The number of nitrogens with two attached hydrogens (primary N) is 2. The summed E-state index contributed by atoms with van der Waals surface area (Å²) >= 11 is 5.67. The molecule has 0 radical (unpaired) electrons. The fourth-order valence-corrected chi connectivity index (χ4v) is 6.82. The number of pyridine rings is 2. The van der Waals surface area contributed by atoms with E-state index < -0.39 is 62.6 Å². The van der Waals surface area contributed by atoms with Gasteiger partial charge in [0.05, 0.1) is 42.8 Å². The number of nitrogens with zero attached hydrogens (tertiary/aromatic N) is 8. The Morgan fingerprint density at radius 1 is 0.662 bits per heavy atom. The molecule has 0 saturated heterocycles. The number of amides is 4. The third-order valence-electron chi connectivity index (χ3n) is 9.32. The number of aliphatic hydroxyl groups is 1. The van der Waals surface area contributed by atoms with Crippen molar-refractivity contribution in [2.45, 2.75) is 87.1 Å². The van der Waals surface area contributed by atoms with Crippen molar-refractivity contribution in [2.75, 3.05) is 70.6 Å². The summed E-state index contributed by atoms with van der Waals surface area (Å²) in [5.41, 5.74) is 10.9. The standard InChI is InChI=1S/C26H33N5O7.C23H28BrN5O6.C3H6O.CH4.2K/c1-7-13-29(25(33)38-26(4,5)6)19-12-10-11-18(15-19)17-30(24(32)36-9-3)20-16-21(37-14-8-2)28-23(27)22(20)31(34)35;1-6-11-27(22(31)35-23(3,4)5)16-10-8-9-15(12-16)14-28(21(30)34-7-2)17-13-18(24)26-20(25)19(17)29(32)33;1-2-3-4;;;/h7-8,10-12,15-16H,1-2,9,13-14,17H2,3-6H3,(H2,27,28);6,8-10,12-13H,1,7,11,14H2,2-5H3,(H2,25,26);2,4H,1,3H2;1H4;;. The van der Waals surface area contributed by atoms with E-state index in [2.05, 4.69) is 52.2 Å². The van der Waals surface area contributed by atoms with Gasteiger partial charge in [-0.2, -0.15) is 4.98 Å². The molecule has 2 aromatic heterocycles. The quantitative estimate of drug-likeness (QED) is 0.0185. The molecule has 4 aromatic rings. The van der Waals surface area contributed by atoms with Crippen LogP contribution in [0.4, 0.5) is 64.9 Å². The molecule has 27 heteroatoms. The van der Waals surface area contributed by atoms with Crippen molar-refractivity contribution < 1.29 is 57.8 Å². The van der Waals surface area contributed by atoms with Gasteiger partial charge < -0.3 is 40.3 Å². The van der Waals surface area contributed by atoms with E-state index in [-0.39, 0.29) is 87.7 Å². The zero-order chi connectivity index (χ0) is 60.2. The average molecular weight is 1230 g/mol. The molecule has 80 heavy (non-hydrogen) atoms. The van der Waals surface area contributed by atoms with Crippen molar-refractivity contribution in [2.24, 2.45) is 0 Å². The van der Waals surface area contributed by atoms with Crippen LogP contribution in [-0.2, 0) is 32.0 Å². The number of anilines is 6. The molecule has 0 aliphatic rings. The summed E-state index contributed by atoms with van der Waals surface area (Å²) in [6.45, 7) is 28.3. The van der Waals surface area contributed by atoms with Crippen molar-refractivity contribution in [3.63, 3.8) is 0 Å². The Morgan fingerprint density at radius 2 is 1.05 bits per heavy atom. The van der Waals surface area contributed by atoms with Gasteiger partial charge in [-0.15, -0.1) is 19.7 Å². The summed E-state index contributed by atoms with van der Waals surface area (Å²) in [4.78, 5) is 86.3. The van der Waals surface area contributed by atoms with Gasteiger partial charge in [0.2, 0.25) is 17.5 Å². The second-order valence-electron chi connectivity index (χ2n) is 17.7. The van der Waals surface area contributed by atoms with Crippen molar-refractivity contribution in [1.29, 1.82) is 0 Å². The summed E-state index contributed by atoms with van der Waals surface area (Å²) < 4.78 is 26.9. The van der Waals surface area contributed by atoms with Gasteiger partial charge in [0.15, 0.2) is 0 Å². The molecule has 0 bridgehead atoms. The number of halogens is 1. The Kier molecular flexibility index (Phi) is 35.2. The number of rotatable bonds is 20. The number of benzene rings is 2. The van der Waals surface area contributed by atoms with Crippen LogP contribution < -0.4 is 35.8 Å². The van der Waals surface area contributed by atoms with E-state index in [4.69, 9.17) is 40.3 Å². The summed E-state index contributed by atoms with van der Waals surface area (Å²) in [5.74, 6) is -0.825. The summed E-state index contributed by atoms with van der Waals surface area (Å²) in [7, 11) is 0. The molecule has 0 aliphatic carbocycles. The van der Waals surface area contributed by atoms with E-state index >= 15 is 0 Å². The van der Waals surface area contributed by atoms with Crippen molar-refractivity contribution in [1.82, 2.24) is 9.97 Å². The first-order chi connectivity index (χ1) is 37.2. The van der Waals surface area contributed by atoms with Crippen LogP contribution in [0.5, 0.6) is 5.88 Å². The summed E-state index contributed by atoms with van der Waals surface area (Å²) in [6.07, 6.45) is 3.19. The van der Waals surface area contributed by atoms with E-state index in [9.17, 15) is 39.4 Å². The third kappa shape index (κ3) is 25.2. The Hall–Kier alpha value is -5.31. The molecule has 4 amide bonds. The van der Waals surface area contributed by atoms with Crippen LogP contribution in [0.2, 0.25) is 0 Å². The average Bonchev–Trinajstić information content (AvgIpc) is 3.36. The van der Waals surface area contributed by atoms with Gasteiger partial charge in [0, 0.05) is 36.6 Å². The minimum atomic E-state index is -0.851. The van der Waals surface area contributed by atoms with Gasteiger partial charge in [-0.05, 0) is 107 Å². The van der Waals surface area contributed by atoms with Gasteiger partial charge in [-0.25, -0.2) is 24.2 Å². The third-order valence-corrected chi connectivity index (χ3v) is 9.73. The number of carbonyl (C=O) groups is 4. The number of hydrogen-bond acceptors (Lipinski definition) is 18. The molecule has 2 aromatic carbocycles. The number of ether oxygens (including phenoxy) is 5. The monoisotopic (exact) mass is 1230 g/mol. The number of hydrogen-bond donors (Lipinski definition) is 3. The Labute approximate surface area is 521 Å². The minimum absolute atomic E-state index is 0. The Bertz CT molecular complexity index is 2760. The first-order valence-corrected chi connectivity index (χ1v) is 41.3. The zero-order valence-electron chi connectivity index (χ0n) is 46.4. The molecule has 4 rings (SSSR count). The van der Waals surface area contributed by atoms with E-state index in [1.165, 1.54) is 97.2 Å². The number of nitro groups is 2. The van der Waals surface area contributed by atoms with Gasteiger partial charge >= 0.3 is 98.9 Å². The van der Waals surface area contributed by atoms with Crippen molar-refractivity contribution in [3.8, 4) is 5.88 Å². The zero-order valence-corrected chi connectivity index (χ0v) is 54.3. The molecule has 0 fully saturated rings. The second-order valence-corrected chi connectivity index (χ2v) is 18.5. The number of nitrogen functional groups attached to an aromatic ring is 2. The van der Waals surface area contributed by atoms with E-state index in [0.717, 1.165) is 9.80 Å². The maximum absolute atomic E-state index is 13.0. The Balaban J connectivity index is 0.00000141. The normalized spacial score (nSPS) is 10.3. The SMILES string of the molecule is C.C=CCN(C(=O)OC(C)(C)C)c1cccc(CN(C(=O)OCC)c2cc(Br)nc(N)c2[N+](=O)[O-])c1.C=CCO.C=CCOc1cc(N(Cc2cccc(N(CC=C)C(=O)OC(C)(C)C)c2)C(=O)OCC)c([N+](=O)[O-])c(N)n1.[K][K]. The fourth-order valence-electron chi connectivity index (χ4n) is 6.41. The van der Waals surface area contributed by atoms with Crippen molar-refractivity contribution >= 4 is 149 Å². The molecule has 426 valence electrons. The molecular weight excluding hydrogens is 1160 g/mol. The predicted octanol–water partition coefficient (Wildman–Crippen LogP) is 10.7. The number of carbonyl (C=O) groups excluding carboxylic acids is 4. The molecule has 0 unspecified atom stereocenters. The second kappa shape index (κ2) is 37.7. The van der Waals surface area contributed by atoms with Crippen LogP contribution in [0.1, 0.15) is 73.9 Å².